The van der Waals surface area contributed by atoms with Crippen LogP contribution in [0.25, 0.3) is 0 Å². The standard InChI is InChI=1S/C22H31N3O2/c1-5-23-22(25-15-17(3)18-11-9-16(2)10-12-18)24-14-13-19-7-6-8-20(27-4)21(19)26/h6-12,17,26H,5,13-15H2,1-4H3,(H2,23,24,25). The van der Waals surface area contributed by atoms with E-state index in [4.69, 9.17) is 9.73 Å². The van der Waals surface area contributed by atoms with Gasteiger partial charge in [-0.25, -0.2) is 0 Å². The van der Waals surface area contributed by atoms with E-state index in [1.54, 1.807) is 13.2 Å². The van der Waals surface area contributed by atoms with Crippen molar-refractivity contribution in [2.24, 2.45) is 4.99 Å². The molecule has 0 bridgehead atoms. The summed E-state index contributed by atoms with van der Waals surface area (Å²) in [5.41, 5.74) is 3.41. The fraction of sp³-hybridized carbons (Fsp3) is 0.409. The van der Waals surface area contributed by atoms with Gasteiger partial charge in [-0.2, -0.15) is 0 Å². The van der Waals surface area contributed by atoms with E-state index in [9.17, 15) is 5.11 Å². The second-order valence-corrected chi connectivity index (χ2v) is 6.68. The Hall–Kier alpha value is -2.69. The number of aliphatic imine (C=N–C) groups is 1. The molecule has 2 rings (SSSR count). The first-order chi connectivity index (χ1) is 13.0. The minimum Gasteiger partial charge on any atom is -0.504 e. The molecule has 5 nitrogen and oxygen atoms in total. The van der Waals surface area contributed by atoms with Gasteiger partial charge in [-0.3, -0.25) is 4.99 Å². The third kappa shape index (κ3) is 6.20. The maximum Gasteiger partial charge on any atom is 0.191 e. The summed E-state index contributed by atoms with van der Waals surface area (Å²) in [5, 5.41) is 16.8. The van der Waals surface area contributed by atoms with Gasteiger partial charge in [0.1, 0.15) is 0 Å². The quantitative estimate of drug-likeness (QED) is 0.491. The number of aromatic hydroxyl groups is 1. The van der Waals surface area contributed by atoms with E-state index in [0.717, 1.165) is 18.1 Å². The summed E-state index contributed by atoms with van der Waals surface area (Å²) in [4.78, 5) is 4.71. The molecule has 0 aromatic heterocycles. The summed E-state index contributed by atoms with van der Waals surface area (Å²) in [5.74, 6) is 1.85. The van der Waals surface area contributed by atoms with Crippen LogP contribution < -0.4 is 15.4 Å². The van der Waals surface area contributed by atoms with Gasteiger partial charge < -0.3 is 20.5 Å². The minimum absolute atomic E-state index is 0.205. The van der Waals surface area contributed by atoms with E-state index in [2.05, 4.69) is 55.7 Å². The average molecular weight is 370 g/mol. The molecular weight excluding hydrogens is 338 g/mol. The van der Waals surface area contributed by atoms with Crippen molar-refractivity contribution in [3.8, 4) is 11.5 Å². The van der Waals surface area contributed by atoms with Crippen LogP contribution in [0.5, 0.6) is 11.5 Å². The largest absolute Gasteiger partial charge is 0.504 e. The van der Waals surface area contributed by atoms with E-state index in [0.29, 0.717) is 31.2 Å². The third-order valence-corrected chi connectivity index (χ3v) is 4.50. The van der Waals surface area contributed by atoms with Crippen LogP contribution in [0.3, 0.4) is 0 Å². The number of hydrogen-bond acceptors (Lipinski definition) is 3. The van der Waals surface area contributed by atoms with Gasteiger partial charge in [-0.15, -0.1) is 0 Å². The van der Waals surface area contributed by atoms with Crippen molar-refractivity contribution in [2.45, 2.75) is 33.1 Å². The summed E-state index contributed by atoms with van der Waals surface area (Å²) < 4.78 is 5.16. The van der Waals surface area contributed by atoms with E-state index in [1.165, 1.54) is 11.1 Å². The van der Waals surface area contributed by atoms with Gasteiger partial charge >= 0.3 is 0 Å². The summed E-state index contributed by atoms with van der Waals surface area (Å²) in [6.45, 7) is 8.52. The third-order valence-electron chi connectivity index (χ3n) is 4.50. The SMILES string of the molecule is CCNC(=NCC(C)c1ccc(C)cc1)NCCc1cccc(OC)c1O. The number of benzene rings is 2. The van der Waals surface area contributed by atoms with Crippen molar-refractivity contribution in [3.05, 3.63) is 59.2 Å². The van der Waals surface area contributed by atoms with Crippen LogP contribution in [0, 0.1) is 6.92 Å². The molecule has 1 atom stereocenters. The maximum absolute atomic E-state index is 10.2. The first kappa shape index (κ1) is 20.6. The number of para-hydroxylation sites is 1. The predicted molar refractivity (Wildman–Crippen MR) is 112 cm³/mol. The van der Waals surface area contributed by atoms with Gasteiger partial charge in [0.15, 0.2) is 17.5 Å². The molecule has 0 spiro atoms. The zero-order valence-corrected chi connectivity index (χ0v) is 16.7. The predicted octanol–water partition coefficient (Wildman–Crippen LogP) is 3.61. The molecule has 0 aliphatic heterocycles. The van der Waals surface area contributed by atoms with Crippen molar-refractivity contribution < 1.29 is 9.84 Å². The van der Waals surface area contributed by atoms with E-state index < -0.39 is 0 Å². The second-order valence-electron chi connectivity index (χ2n) is 6.68. The molecule has 146 valence electrons. The number of aryl methyl sites for hydroxylation is 1. The first-order valence-electron chi connectivity index (χ1n) is 9.48. The van der Waals surface area contributed by atoms with Gasteiger partial charge in [-0.05, 0) is 37.5 Å². The Bertz CT molecular complexity index is 742. The molecule has 0 amide bonds. The molecule has 0 radical (unpaired) electrons. The molecule has 0 aliphatic rings. The van der Waals surface area contributed by atoms with Gasteiger partial charge in [0.25, 0.3) is 0 Å². The van der Waals surface area contributed by atoms with Crippen molar-refractivity contribution >= 4 is 5.96 Å². The number of guanidine groups is 1. The zero-order valence-electron chi connectivity index (χ0n) is 16.7. The molecule has 1 unspecified atom stereocenters. The Morgan fingerprint density at radius 2 is 1.89 bits per heavy atom. The highest BCUT2D eigenvalue weighted by Crippen LogP contribution is 2.29. The van der Waals surface area contributed by atoms with Crippen LogP contribution >= 0.6 is 0 Å². The second kappa shape index (κ2) is 10.5. The number of phenols is 1. The summed E-state index contributed by atoms with van der Waals surface area (Å²) in [6, 6.07) is 14.2. The normalized spacial score (nSPS) is 12.5. The van der Waals surface area contributed by atoms with Gasteiger partial charge in [0.05, 0.1) is 7.11 Å². The Balaban J connectivity index is 1.92. The van der Waals surface area contributed by atoms with Gasteiger partial charge in [0.2, 0.25) is 0 Å². The molecule has 0 saturated carbocycles. The van der Waals surface area contributed by atoms with Crippen LogP contribution in [0.15, 0.2) is 47.5 Å². The van der Waals surface area contributed by atoms with Crippen molar-refractivity contribution in [1.29, 1.82) is 0 Å². The fourth-order valence-electron chi connectivity index (χ4n) is 2.82. The van der Waals surface area contributed by atoms with Crippen molar-refractivity contribution in [3.63, 3.8) is 0 Å². The monoisotopic (exact) mass is 369 g/mol. The summed E-state index contributed by atoms with van der Waals surface area (Å²) in [6.07, 6.45) is 0.682. The Morgan fingerprint density at radius 3 is 2.56 bits per heavy atom. The summed E-state index contributed by atoms with van der Waals surface area (Å²) in [7, 11) is 1.56. The Kier molecular flexibility index (Phi) is 7.99. The van der Waals surface area contributed by atoms with Crippen LogP contribution in [0.2, 0.25) is 0 Å². The number of rotatable bonds is 8. The smallest absolute Gasteiger partial charge is 0.191 e. The topological polar surface area (TPSA) is 65.9 Å². The molecule has 3 N–H and O–H groups in total. The number of phenolic OH excluding ortho intramolecular Hbond substituents is 1. The van der Waals surface area contributed by atoms with Crippen LogP contribution in [0.4, 0.5) is 0 Å². The lowest BCUT2D eigenvalue weighted by atomic mass is 10.0. The van der Waals surface area contributed by atoms with E-state index in [1.807, 2.05) is 12.1 Å². The highest BCUT2D eigenvalue weighted by molar-refractivity contribution is 5.79. The lowest BCUT2D eigenvalue weighted by Gasteiger charge is -2.14. The molecule has 0 saturated heterocycles. The maximum atomic E-state index is 10.2. The minimum atomic E-state index is 0.205. The molecular formula is C22H31N3O2. The fourth-order valence-corrected chi connectivity index (χ4v) is 2.82. The molecule has 0 aliphatic carbocycles. The average Bonchev–Trinajstić information content (AvgIpc) is 2.67. The number of hydrogen-bond donors (Lipinski definition) is 3. The molecule has 2 aromatic rings. The van der Waals surface area contributed by atoms with Gasteiger partial charge in [0, 0.05) is 25.6 Å². The molecule has 2 aromatic carbocycles. The molecule has 27 heavy (non-hydrogen) atoms. The van der Waals surface area contributed by atoms with Crippen molar-refractivity contribution in [2.75, 3.05) is 26.7 Å². The Morgan fingerprint density at radius 1 is 1.15 bits per heavy atom. The molecule has 0 heterocycles. The van der Waals surface area contributed by atoms with Gasteiger partial charge in [-0.1, -0.05) is 48.9 Å². The van der Waals surface area contributed by atoms with Crippen LogP contribution in [-0.2, 0) is 6.42 Å². The van der Waals surface area contributed by atoms with Crippen molar-refractivity contribution in [1.82, 2.24) is 10.6 Å². The first-order valence-corrected chi connectivity index (χ1v) is 9.48. The van der Waals surface area contributed by atoms with E-state index in [-0.39, 0.29) is 5.75 Å². The van der Waals surface area contributed by atoms with E-state index >= 15 is 0 Å². The number of methoxy groups -OCH3 is 1. The Labute approximate surface area is 162 Å². The zero-order chi connectivity index (χ0) is 19.6. The molecule has 0 fully saturated rings. The highest BCUT2D eigenvalue weighted by Gasteiger charge is 2.08. The highest BCUT2D eigenvalue weighted by atomic mass is 16.5. The van der Waals surface area contributed by atoms with Crippen LogP contribution in [0.1, 0.15) is 36.5 Å². The summed E-state index contributed by atoms with van der Waals surface area (Å²) >= 11 is 0. The lowest BCUT2D eigenvalue weighted by Crippen LogP contribution is -2.38. The van der Waals surface area contributed by atoms with Crippen LogP contribution in [-0.4, -0.2) is 37.8 Å². The molecule has 5 heteroatoms. The number of ether oxygens (including phenoxy) is 1. The number of nitrogens with one attached hydrogen (secondary N) is 2. The lowest BCUT2D eigenvalue weighted by molar-refractivity contribution is 0.370. The number of nitrogens with zero attached hydrogens (tertiary/aromatic N) is 1.